The maximum atomic E-state index is 12.4. The standard InChI is InChI=1S/C20H24N2O4S/c23-20(26-16-13-17-7-3-1-4-8-17)21-27(24,25)22-14-11-19(12-15-22)18-9-5-2-6-10-18/h1-10,19H,11-16H2,(H,21,23). The summed E-state index contributed by atoms with van der Waals surface area (Å²) in [6.07, 6.45) is 1.06. The highest BCUT2D eigenvalue weighted by atomic mass is 32.2. The third kappa shape index (κ3) is 5.55. The van der Waals surface area contributed by atoms with Gasteiger partial charge in [0, 0.05) is 19.5 Å². The molecule has 1 heterocycles. The maximum absolute atomic E-state index is 12.4. The number of ether oxygens (including phenoxy) is 1. The van der Waals surface area contributed by atoms with Crippen molar-refractivity contribution in [1.82, 2.24) is 9.03 Å². The van der Waals surface area contributed by atoms with Crippen LogP contribution in [0.5, 0.6) is 0 Å². The van der Waals surface area contributed by atoms with Crippen LogP contribution in [0.3, 0.4) is 0 Å². The Morgan fingerprint density at radius 3 is 2.22 bits per heavy atom. The number of carbonyl (C=O) groups excluding carboxylic acids is 1. The largest absolute Gasteiger partial charge is 0.448 e. The minimum Gasteiger partial charge on any atom is -0.448 e. The summed E-state index contributed by atoms with van der Waals surface area (Å²) in [4.78, 5) is 11.8. The highest BCUT2D eigenvalue weighted by Crippen LogP contribution is 2.28. The fourth-order valence-corrected chi connectivity index (χ4v) is 4.35. The molecule has 6 nitrogen and oxygen atoms in total. The molecule has 1 saturated heterocycles. The molecule has 0 radical (unpaired) electrons. The molecule has 7 heteroatoms. The topological polar surface area (TPSA) is 75.7 Å². The van der Waals surface area contributed by atoms with Crippen LogP contribution in [0.1, 0.15) is 29.9 Å². The van der Waals surface area contributed by atoms with Crippen LogP contribution in [0.15, 0.2) is 60.7 Å². The Labute approximate surface area is 160 Å². The average Bonchev–Trinajstić information content (AvgIpc) is 2.69. The highest BCUT2D eigenvalue weighted by molar-refractivity contribution is 7.87. The summed E-state index contributed by atoms with van der Waals surface area (Å²) in [5.74, 6) is 0.343. The van der Waals surface area contributed by atoms with E-state index in [0.717, 1.165) is 18.4 Å². The average molecular weight is 388 g/mol. The molecular weight excluding hydrogens is 364 g/mol. The van der Waals surface area contributed by atoms with Crippen LogP contribution < -0.4 is 4.72 Å². The Kier molecular flexibility index (Phi) is 6.47. The van der Waals surface area contributed by atoms with Gasteiger partial charge in [-0.05, 0) is 29.9 Å². The Hall–Kier alpha value is -2.38. The molecule has 1 fully saturated rings. The molecule has 1 aliphatic heterocycles. The van der Waals surface area contributed by atoms with Gasteiger partial charge >= 0.3 is 16.3 Å². The van der Waals surface area contributed by atoms with Crippen molar-refractivity contribution in [3.63, 3.8) is 0 Å². The molecule has 0 aromatic heterocycles. The number of nitrogens with one attached hydrogen (secondary N) is 1. The Morgan fingerprint density at radius 2 is 1.59 bits per heavy atom. The van der Waals surface area contributed by atoms with Crippen molar-refractivity contribution in [1.29, 1.82) is 0 Å². The van der Waals surface area contributed by atoms with Gasteiger partial charge in [-0.3, -0.25) is 0 Å². The van der Waals surface area contributed by atoms with Gasteiger partial charge in [-0.2, -0.15) is 12.7 Å². The molecule has 2 aromatic carbocycles. The first-order chi connectivity index (χ1) is 13.0. The first kappa shape index (κ1) is 19.4. The SMILES string of the molecule is O=C(NS(=O)(=O)N1CCC(c2ccccc2)CC1)OCCc1ccccc1. The maximum Gasteiger partial charge on any atom is 0.421 e. The lowest BCUT2D eigenvalue weighted by Crippen LogP contribution is -2.46. The number of benzene rings is 2. The third-order valence-corrected chi connectivity index (χ3v) is 6.21. The molecular formula is C20H24N2O4S. The second-order valence-electron chi connectivity index (χ2n) is 6.56. The fraction of sp³-hybridized carbons (Fsp3) is 0.350. The minimum atomic E-state index is -3.87. The molecule has 0 saturated carbocycles. The smallest absolute Gasteiger partial charge is 0.421 e. The van der Waals surface area contributed by atoms with Gasteiger partial charge in [0.2, 0.25) is 0 Å². The summed E-state index contributed by atoms with van der Waals surface area (Å²) in [5, 5.41) is 0. The summed E-state index contributed by atoms with van der Waals surface area (Å²) in [7, 11) is -3.87. The van der Waals surface area contributed by atoms with E-state index in [2.05, 4.69) is 12.1 Å². The number of amides is 1. The number of hydrogen-bond donors (Lipinski definition) is 1. The van der Waals surface area contributed by atoms with Crippen LogP contribution in [0.2, 0.25) is 0 Å². The van der Waals surface area contributed by atoms with E-state index in [-0.39, 0.29) is 6.61 Å². The second kappa shape index (κ2) is 9.01. The van der Waals surface area contributed by atoms with Crippen molar-refractivity contribution in [3.05, 3.63) is 71.8 Å². The molecule has 0 spiro atoms. The van der Waals surface area contributed by atoms with Gasteiger partial charge in [-0.1, -0.05) is 60.7 Å². The number of hydrogen-bond acceptors (Lipinski definition) is 4. The van der Waals surface area contributed by atoms with E-state index in [9.17, 15) is 13.2 Å². The van der Waals surface area contributed by atoms with Crippen molar-refractivity contribution in [2.24, 2.45) is 0 Å². The van der Waals surface area contributed by atoms with Crippen molar-refractivity contribution < 1.29 is 17.9 Å². The zero-order valence-corrected chi connectivity index (χ0v) is 15.9. The van der Waals surface area contributed by atoms with Gasteiger partial charge in [0.1, 0.15) is 0 Å². The molecule has 27 heavy (non-hydrogen) atoms. The first-order valence-corrected chi connectivity index (χ1v) is 10.5. The van der Waals surface area contributed by atoms with Crippen molar-refractivity contribution in [2.75, 3.05) is 19.7 Å². The van der Waals surface area contributed by atoms with E-state index in [1.807, 2.05) is 53.3 Å². The second-order valence-corrected chi connectivity index (χ2v) is 8.23. The quantitative estimate of drug-likeness (QED) is 0.825. The summed E-state index contributed by atoms with van der Waals surface area (Å²) >= 11 is 0. The van der Waals surface area contributed by atoms with Crippen LogP contribution in [-0.2, 0) is 21.4 Å². The number of rotatable bonds is 6. The van der Waals surface area contributed by atoms with Gasteiger partial charge in [0.05, 0.1) is 6.61 Å². The van der Waals surface area contributed by atoms with E-state index in [1.54, 1.807) is 0 Å². The Bertz CT molecular complexity index is 833. The van der Waals surface area contributed by atoms with Gasteiger partial charge in [0.25, 0.3) is 0 Å². The molecule has 0 bridgehead atoms. The molecule has 144 valence electrons. The number of piperidine rings is 1. The molecule has 2 aromatic rings. The van der Waals surface area contributed by atoms with Crippen LogP contribution in [-0.4, -0.2) is 38.5 Å². The van der Waals surface area contributed by atoms with E-state index in [4.69, 9.17) is 4.74 Å². The molecule has 0 aliphatic carbocycles. The predicted molar refractivity (Wildman–Crippen MR) is 104 cm³/mol. The minimum absolute atomic E-state index is 0.126. The lowest BCUT2D eigenvalue weighted by Gasteiger charge is -2.31. The third-order valence-electron chi connectivity index (χ3n) is 4.74. The molecule has 0 atom stereocenters. The zero-order valence-electron chi connectivity index (χ0n) is 15.1. The summed E-state index contributed by atoms with van der Waals surface area (Å²) in [6.45, 7) is 0.889. The van der Waals surface area contributed by atoms with Crippen LogP contribution in [0, 0.1) is 0 Å². The molecule has 1 aliphatic rings. The molecule has 3 rings (SSSR count). The number of nitrogens with zero attached hydrogens (tertiary/aromatic N) is 1. The van der Waals surface area contributed by atoms with Crippen LogP contribution in [0.25, 0.3) is 0 Å². The highest BCUT2D eigenvalue weighted by Gasteiger charge is 2.30. The predicted octanol–water partition coefficient (Wildman–Crippen LogP) is 3.08. The van der Waals surface area contributed by atoms with Crippen LogP contribution >= 0.6 is 0 Å². The van der Waals surface area contributed by atoms with Crippen molar-refractivity contribution in [2.45, 2.75) is 25.2 Å². The van der Waals surface area contributed by atoms with Gasteiger partial charge in [-0.25, -0.2) is 9.52 Å². The monoisotopic (exact) mass is 388 g/mol. The normalized spacial score (nSPS) is 16.0. The summed E-state index contributed by atoms with van der Waals surface area (Å²) < 4.78 is 33.1. The molecule has 0 unspecified atom stereocenters. The number of carbonyl (C=O) groups is 1. The van der Waals surface area contributed by atoms with E-state index in [0.29, 0.717) is 25.4 Å². The molecule has 1 amide bonds. The Balaban J connectivity index is 1.45. The van der Waals surface area contributed by atoms with E-state index in [1.165, 1.54) is 9.87 Å². The van der Waals surface area contributed by atoms with Gasteiger partial charge < -0.3 is 4.74 Å². The summed E-state index contributed by atoms with van der Waals surface area (Å²) in [5.41, 5.74) is 2.25. The van der Waals surface area contributed by atoms with Crippen molar-refractivity contribution >= 4 is 16.3 Å². The Morgan fingerprint density at radius 1 is 1.00 bits per heavy atom. The van der Waals surface area contributed by atoms with Gasteiger partial charge in [0.15, 0.2) is 0 Å². The van der Waals surface area contributed by atoms with Crippen LogP contribution in [0.4, 0.5) is 4.79 Å². The van der Waals surface area contributed by atoms with E-state index < -0.39 is 16.3 Å². The fourth-order valence-electron chi connectivity index (χ4n) is 3.26. The summed E-state index contributed by atoms with van der Waals surface area (Å²) in [6, 6.07) is 19.6. The van der Waals surface area contributed by atoms with Gasteiger partial charge in [-0.15, -0.1) is 0 Å². The lowest BCUT2D eigenvalue weighted by atomic mass is 9.90. The first-order valence-electron chi connectivity index (χ1n) is 9.08. The molecule has 1 N–H and O–H groups in total. The lowest BCUT2D eigenvalue weighted by molar-refractivity contribution is 0.153. The van der Waals surface area contributed by atoms with E-state index >= 15 is 0 Å². The zero-order chi connectivity index (χ0) is 19.1. The van der Waals surface area contributed by atoms with Crippen molar-refractivity contribution in [3.8, 4) is 0 Å².